The molecule has 0 atom stereocenters. The predicted molar refractivity (Wildman–Crippen MR) is 99.6 cm³/mol. The Kier molecular flexibility index (Phi) is 4.65. The topological polar surface area (TPSA) is 72.2 Å². The first kappa shape index (κ1) is 16.1. The fourth-order valence-corrected chi connectivity index (χ4v) is 4.21. The number of thioether (sulfide) groups is 1. The van der Waals surface area contributed by atoms with Crippen molar-refractivity contribution < 1.29 is 4.79 Å². The molecule has 0 bridgehead atoms. The summed E-state index contributed by atoms with van der Waals surface area (Å²) in [7, 11) is 0. The maximum absolute atomic E-state index is 12.2. The van der Waals surface area contributed by atoms with Crippen LogP contribution in [0.4, 0.5) is 5.69 Å². The van der Waals surface area contributed by atoms with Gasteiger partial charge in [-0.1, -0.05) is 25.0 Å². The SMILES string of the molecule is O=C(CSC1CCCC1)Nc1cccc(-c2ccc3nncn3n2)c1. The fourth-order valence-electron chi connectivity index (χ4n) is 3.08. The third-order valence-corrected chi connectivity index (χ3v) is 5.73. The van der Waals surface area contributed by atoms with E-state index < -0.39 is 0 Å². The molecule has 1 saturated carbocycles. The molecule has 0 unspecified atom stereocenters. The molecule has 0 saturated heterocycles. The van der Waals surface area contributed by atoms with Crippen molar-refractivity contribution in [1.29, 1.82) is 0 Å². The normalized spacial score (nSPS) is 14.9. The van der Waals surface area contributed by atoms with Crippen LogP contribution in [0.15, 0.2) is 42.7 Å². The van der Waals surface area contributed by atoms with Gasteiger partial charge in [0.25, 0.3) is 0 Å². The van der Waals surface area contributed by atoms with Gasteiger partial charge in [0.2, 0.25) is 5.91 Å². The van der Waals surface area contributed by atoms with Gasteiger partial charge in [-0.05, 0) is 37.1 Å². The summed E-state index contributed by atoms with van der Waals surface area (Å²) >= 11 is 1.77. The van der Waals surface area contributed by atoms with E-state index >= 15 is 0 Å². The number of hydrogen-bond acceptors (Lipinski definition) is 5. The van der Waals surface area contributed by atoms with Crippen LogP contribution in [0.3, 0.4) is 0 Å². The Hall–Kier alpha value is -2.41. The van der Waals surface area contributed by atoms with Crippen molar-refractivity contribution in [3.05, 3.63) is 42.7 Å². The summed E-state index contributed by atoms with van der Waals surface area (Å²) in [6.45, 7) is 0. The molecule has 1 amide bonds. The number of carbonyl (C=O) groups excluding carboxylic acids is 1. The number of rotatable bonds is 5. The average molecular weight is 353 g/mol. The highest BCUT2D eigenvalue weighted by Gasteiger charge is 2.16. The molecule has 25 heavy (non-hydrogen) atoms. The molecule has 0 spiro atoms. The number of benzene rings is 1. The van der Waals surface area contributed by atoms with Gasteiger partial charge in [-0.25, -0.2) is 0 Å². The van der Waals surface area contributed by atoms with Crippen molar-refractivity contribution in [2.75, 3.05) is 11.1 Å². The van der Waals surface area contributed by atoms with Gasteiger partial charge >= 0.3 is 0 Å². The van der Waals surface area contributed by atoms with Crippen molar-refractivity contribution in [3.63, 3.8) is 0 Å². The summed E-state index contributed by atoms with van der Waals surface area (Å²) in [4.78, 5) is 12.2. The molecule has 0 radical (unpaired) electrons. The van der Waals surface area contributed by atoms with Crippen LogP contribution in [0, 0.1) is 0 Å². The van der Waals surface area contributed by atoms with Gasteiger partial charge in [0.05, 0.1) is 11.4 Å². The van der Waals surface area contributed by atoms with Crippen molar-refractivity contribution in [3.8, 4) is 11.3 Å². The van der Waals surface area contributed by atoms with Crippen LogP contribution >= 0.6 is 11.8 Å². The first-order chi connectivity index (χ1) is 12.3. The smallest absolute Gasteiger partial charge is 0.234 e. The molecule has 1 aliphatic carbocycles. The number of nitrogens with zero attached hydrogens (tertiary/aromatic N) is 4. The van der Waals surface area contributed by atoms with Gasteiger partial charge in [0.15, 0.2) is 5.65 Å². The molecular formula is C18H19N5OS. The molecule has 0 aliphatic heterocycles. The predicted octanol–water partition coefficient (Wildman–Crippen LogP) is 3.41. The Balaban J connectivity index is 1.44. The summed E-state index contributed by atoms with van der Waals surface area (Å²) < 4.78 is 1.64. The second-order valence-corrected chi connectivity index (χ2v) is 7.49. The molecule has 7 heteroatoms. The number of aromatic nitrogens is 4. The highest BCUT2D eigenvalue weighted by Crippen LogP contribution is 2.29. The number of anilines is 1. The molecule has 2 aromatic heterocycles. The monoisotopic (exact) mass is 353 g/mol. The Labute approximate surface area is 150 Å². The van der Waals surface area contributed by atoms with Gasteiger partial charge in [-0.15, -0.1) is 22.0 Å². The van der Waals surface area contributed by atoms with Crippen molar-refractivity contribution in [2.45, 2.75) is 30.9 Å². The lowest BCUT2D eigenvalue weighted by Crippen LogP contribution is -2.15. The summed E-state index contributed by atoms with van der Waals surface area (Å²) in [5.41, 5.74) is 3.25. The summed E-state index contributed by atoms with van der Waals surface area (Å²) in [6, 6.07) is 11.5. The van der Waals surface area contributed by atoms with Crippen LogP contribution < -0.4 is 5.32 Å². The van der Waals surface area contributed by atoms with Gasteiger partial charge in [0.1, 0.15) is 6.33 Å². The highest BCUT2D eigenvalue weighted by atomic mass is 32.2. The maximum atomic E-state index is 12.2. The Morgan fingerprint density at radius 1 is 1.24 bits per heavy atom. The van der Waals surface area contributed by atoms with E-state index in [-0.39, 0.29) is 5.91 Å². The molecule has 128 valence electrons. The largest absolute Gasteiger partial charge is 0.325 e. The first-order valence-electron chi connectivity index (χ1n) is 8.47. The lowest BCUT2D eigenvalue weighted by Gasteiger charge is -2.10. The van der Waals surface area contributed by atoms with E-state index in [0.29, 0.717) is 16.6 Å². The lowest BCUT2D eigenvalue weighted by molar-refractivity contribution is -0.113. The van der Waals surface area contributed by atoms with Crippen LogP contribution in [0.1, 0.15) is 25.7 Å². The van der Waals surface area contributed by atoms with Crippen molar-refractivity contribution in [1.82, 2.24) is 19.8 Å². The Morgan fingerprint density at radius 3 is 3.00 bits per heavy atom. The van der Waals surface area contributed by atoms with Crippen LogP contribution in [0.25, 0.3) is 16.9 Å². The third kappa shape index (κ3) is 3.82. The Bertz CT molecular complexity index is 888. The van der Waals surface area contributed by atoms with E-state index in [2.05, 4.69) is 20.6 Å². The molecule has 1 fully saturated rings. The third-order valence-electron chi connectivity index (χ3n) is 4.36. The number of hydrogen-bond donors (Lipinski definition) is 1. The number of carbonyl (C=O) groups is 1. The summed E-state index contributed by atoms with van der Waals surface area (Å²) in [5.74, 6) is 0.566. The van der Waals surface area contributed by atoms with E-state index in [1.54, 1.807) is 22.6 Å². The van der Waals surface area contributed by atoms with Crippen LogP contribution in [-0.4, -0.2) is 36.7 Å². The highest BCUT2D eigenvalue weighted by molar-refractivity contribution is 8.00. The summed E-state index contributed by atoms with van der Waals surface area (Å²) in [5, 5.41) is 15.9. The van der Waals surface area contributed by atoms with E-state index in [1.807, 2.05) is 36.4 Å². The maximum Gasteiger partial charge on any atom is 0.234 e. The van der Waals surface area contributed by atoms with Crippen LogP contribution in [-0.2, 0) is 4.79 Å². The van der Waals surface area contributed by atoms with E-state index in [9.17, 15) is 4.79 Å². The van der Waals surface area contributed by atoms with Gasteiger partial charge in [-0.3, -0.25) is 4.79 Å². The van der Waals surface area contributed by atoms with Gasteiger partial charge in [-0.2, -0.15) is 9.61 Å². The van der Waals surface area contributed by atoms with Crippen LogP contribution in [0.2, 0.25) is 0 Å². The zero-order valence-electron chi connectivity index (χ0n) is 13.8. The quantitative estimate of drug-likeness (QED) is 0.761. The molecule has 1 aliphatic rings. The van der Waals surface area contributed by atoms with Crippen molar-refractivity contribution >= 4 is 29.0 Å². The number of amides is 1. The Morgan fingerprint density at radius 2 is 2.12 bits per heavy atom. The molecule has 3 aromatic rings. The number of nitrogens with one attached hydrogen (secondary N) is 1. The molecule has 6 nitrogen and oxygen atoms in total. The van der Waals surface area contributed by atoms with Gasteiger partial charge < -0.3 is 5.32 Å². The van der Waals surface area contributed by atoms with Gasteiger partial charge in [0, 0.05) is 16.5 Å². The second kappa shape index (κ2) is 7.23. The first-order valence-corrected chi connectivity index (χ1v) is 9.52. The van der Waals surface area contributed by atoms with E-state index in [4.69, 9.17) is 0 Å². The standard InChI is InChI=1S/C18H19N5OS/c24-18(11-25-15-6-1-2-7-15)20-14-5-3-4-13(10-14)16-8-9-17-21-19-12-23(17)22-16/h3-5,8-10,12,15H,1-2,6-7,11H2,(H,20,24). The minimum atomic E-state index is 0.0521. The van der Waals surface area contributed by atoms with E-state index in [0.717, 1.165) is 16.9 Å². The molecule has 4 rings (SSSR count). The van der Waals surface area contributed by atoms with E-state index in [1.165, 1.54) is 25.7 Å². The zero-order chi connectivity index (χ0) is 17.1. The minimum Gasteiger partial charge on any atom is -0.325 e. The van der Waals surface area contributed by atoms with Crippen molar-refractivity contribution in [2.24, 2.45) is 0 Å². The van der Waals surface area contributed by atoms with Crippen LogP contribution in [0.5, 0.6) is 0 Å². The molecule has 1 aromatic carbocycles. The lowest BCUT2D eigenvalue weighted by atomic mass is 10.1. The number of fused-ring (bicyclic) bond motifs is 1. The minimum absolute atomic E-state index is 0.0521. The molecule has 2 heterocycles. The zero-order valence-corrected chi connectivity index (χ0v) is 14.6. The molecular weight excluding hydrogens is 334 g/mol. The summed E-state index contributed by atoms with van der Waals surface area (Å²) in [6.07, 6.45) is 6.65. The second-order valence-electron chi connectivity index (χ2n) is 6.20. The average Bonchev–Trinajstić information content (AvgIpc) is 3.31. The molecule has 1 N–H and O–H groups in total. The fraction of sp³-hybridized carbons (Fsp3) is 0.333.